The van der Waals surface area contributed by atoms with Crippen molar-refractivity contribution in [3.05, 3.63) is 70.7 Å². The van der Waals surface area contributed by atoms with Crippen LogP contribution in [0.15, 0.2) is 46.9 Å². The number of carbonyl (C=O) groups excluding carboxylic acids is 4. The van der Waals surface area contributed by atoms with Gasteiger partial charge in [0.2, 0.25) is 5.91 Å². The van der Waals surface area contributed by atoms with Gasteiger partial charge in [-0.3, -0.25) is 19.3 Å². The van der Waals surface area contributed by atoms with E-state index in [9.17, 15) is 19.2 Å². The maximum absolute atomic E-state index is 12.9. The van der Waals surface area contributed by atoms with Crippen LogP contribution < -0.4 is 5.32 Å². The second-order valence-corrected chi connectivity index (χ2v) is 7.53. The van der Waals surface area contributed by atoms with Gasteiger partial charge in [-0.1, -0.05) is 24.3 Å². The van der Waals surface area contributed by atoms with Gasteiger partial charge < -0.3 is 14.5 Å². The lowest BCUT2D eigenvalue weighted by Gasteiger charge is -2.27. The van der Waals surface area contributed by atoms with E-state index >= 15 is 0 Å². The highest BCUT2D eigenvalue weighted by Crippen LogP contribution is 2.30. The molecule has 1 aliphatic rings. The highest BCUT2D eigenvalue weighted by atomic mass is 16.5. The van der Waals surface area contributed by atoms with E-state index in [0.29, 0.717) is 40.0 Å². The van der Waals surface area contributed by atoms with Crippen LogP contribution in [0.4, 0.5) is 0 Å². The molecule has 164 valence electrons. The average Bonchev–Trinajstić information content (AvgIpc) is 3.18. The van der Waals surface area contributed by atoms with Crippen molar-refractivity contribution < 1.29 is 28.3 Å². The van der Waals surface area contributed by atoms with Crippen molar-refractivity contribution in [2.45, 2.75) is 26.3 Å². The zero-order valence-corrected chi connectivity index (χ0v) is 17.8. The Morgan fingerprint density at radius 1 is 1.06 bits per heavy atom. The van der Waals surface area contributed by atoms with E-state index < -0.39 is 5.97 Å². The fraction of sp³-hybridized carbons (Fsp3) is 0.250. The van der Waals surface area contributed by atoms with E-state index in [1.54, 1.807) is 31.2 Å². The minimum absolute atomic E-state index is 0.119. The van der Waals surface area contributed by atoms with Gasteiger partial charge in [-0.15, -0.1) is 0 Å². The molecular formula is C24H22N2O6. The minimum Gasteiger partial charge on any atom is -0.465 e. The maximum atomic E-state index is 12.9. The number of imide groups is 1. The van der Waals surface area contributed by atoms with Crippen molar-refractivity contribution in [1.82, 2.24) is 10.2 Å². The number of carbonyl (C=O) groups is 4. The number of nitrogens with zero attached hydrogens (tertiary/aromatic N) is 1. The van der Waals surface area contributed by atoms with E-state index in [2.05, 4.69) is 10.1 Å². The lowest BCUT2D eigenvalue weighted by atomic mass is 9.94. The summed E-state index contributed by atoms with van der Waals surface area (Å²) in [6.07, 6.45) is 0.457. The molecular weight excluding hydrogens is 412 g/mol. The molecule has 0 spiro atoms. The second kappa shape index (κ2) is 8.66. The first-order valence-corrected chi connectivity index (χ1v) is 10.2. The van der Waals surface area contributed by atoms with Crippen LogP contribution in [0.3, 0.4) is 0 Å². The monoisotopic (exact) mass is 434 g/mol. The molecule has 3 aromatic rings. The Balaban J connectivity index is 1.34. The number of hydrogen-bond acceptors (Lipinski definition) is 6. The van der Waals surface area contributed by atoms with Crippen molar-refractivity contribution in [2.75, 3.05) is 13.7 Å². The van der Waals surface area contributed by atoms with E-state index in [1.165, 1.54) is 18.1 Å². The van der Waals surface area contributed by atoms with Crippen molar-refractivity contribution >= 4 is 34.5 Å². The average molecular weight is 434 g/mol. The summed E-state index contributed by atoms with van der Waals surface area (Å²) in [4.78, 5) is 50.8. The Morgan fingerprint density at radius 3 is 2.34 bits per heavy atom. The number of esters is 1. The first-order chi connectivity index (χ1) is 15.4. The zero-order valence-electron chi connectivity index (χ0n) is 17.8. The van der Waals surface area contributed by atoms with Crippen molar-refractivity contribution in [2.24, 2.45) is 0 Å². The topological polar surface area (TPSA) is 106 Å². The van der Waals surface area contributed by atoms with Crippen molar-refractivity contribution in [1.29, 1.82) is 0 Å². The van der Waals surface area contributed by atoms with Crippen LogP contribution in [-0.2, 0) is 16.1 Å². The van der Waals surface area contributed by atoms with Gasteiger partial charge in [0.1, 0.15) is 17.1 Å². The molecule has 8 heteroatoms. The fourth-order valence-electron chi connectivity index (χ4n) is 3.90. The molecule has 2 heterocycles. The van der Waals surface area contributed by atoms with E-state index in [4.69, 9.17) is 4.42 Å². The maximum Gasteiger partial charge on any atom is 0.341 e. The van der Waals surface area contributed by atoms with Crippen LogP contribution in [0.5, 0.6) is 0 Å². The first kappa shape index (κ1) is 21.3. The molecule has 2 aromatic carbocycles. The lowest BCUT2D eigenvalue weighted by molar-refractivity contribution is -0.121. The van der Waals surface area contributed by atoms with Gasteiger partial charge >= 0.3 is 5.97 Å². The smallest absolute Gasteiger partial charge is 0.341 e. The SMILES string of the molecule is COC(=O)c1cc(CNC(=O)CCCN2C(=O)c3cccc4cccc(c34)C2=O)oc1C. The summed E-state index contributed by atoms with van der Waals surface area (Å²) in [5.74, 6) is -0.599. The van der Waals surface area contributed by atoms with E-state index in [-0.39, 0.29) is 37.2 Å². The Labute approximate surface area is 184 Å². The molecule has 3 amide bonds. The number of furan rings is 1. The summed E-state index contributed by atoms with van der Waals surface area (Å²) in [7, 11) is 1.28. The zero-order chi connectivity index (χ0) is 22.8. The Morgan fingerprint density at radius 2 is 1.72 bits per heavy atom. The number of methoxy groups -OCH3 is 1. The number of ether oxygens (including phenoxy) is 1. The molecule has 0 aliphatic carbocycles. The summed E-state index contributed by atoms with van der Waals surface area (Å²) in [6.45, 7) is 1.90. The number of nitrogens with one attached hydrogen (secondary N) is 1. The summed E-state index contributed by atoms with van der Waals surface area (Å²) in [6, 6.07) is 12.3. The third-order valence-corrected chi connectivity index (χ3v) is 5.48. The van der Waals surface area contributed by atoms with Gasteiger partial charge in [0.05, 0.1) is 13.7 Å². The third-order valence-electron chi connectivity index (χ3n) is 5.48. The van der Waals surface area contributed by atoms with Crippen LogP contribution in [0, 0.1) is 6.92 Å². The van der Waals surface area contributed by atoms with Crippen molar-refractivity contribution in [3.63, 3.8) is 0 Å². The first-order valence-electron chi connectivity index (χ1n) is 10.2. The number of rotatable bonds is 7. The largest absolute Gasteiger partial charge is 0.465 e. The predicted molar refractivity (Wildman–Crippen MR) is 115 cm³/mol. The molecule has 32 heavy (non-hydrogen) atoms. The Hall–Kier alpha value is -3.94. The van der Waals surface area contributed by atoms with Gasteiger partial charge in [0.15, 0.2) is 0 Å². The predicted octanol–water partition coefficient (Wildman–Crippen LogP) is 3.22. The van der Waals surface area contributed by atoms with Gasteiger partial charge in [0, 0.05) is 29.5 Å². The molecule has 1 aliphatic heterocycles. The van der Waals surface area contributed by atoms with Gasteiger partial charge in [0.25, 0.3) is 11.8 Å². The second-order valence-electron chi connectivity index (χ2n) is 7.53. The van der Waals surface area contributed by atoms with Crippen LogP contribution in [0.1, 0.15) is 55.4 Å². The summed E-state index contributed by atoms with van der Waals surface area (Å²) in [5, 5.41) is 4.25. The van der Waals surface area contributed by atoms with Gasteiger partial charge in [-0.2, -0.15) is 0 Å². The molecule has 0 atom stereocenters. The van der Waals surface area contributed by atoms with Gasteiger partial charge in [-0.25, -0.2) is 4.79 Å². The molecule has 0 unspecified atom stereocenters. The van der Waals surface area contributed by atoms with Crippen molar-refractivity contribution in [3.8, 4) is 0 Å². The summed E-state index contributed by atoms with van der Waals surface area (Å²) in [5.41, 5.74) is 1.31. The molecule has 0 saturated carbocycles. The normalized spacial score (nSPS) is 12.9. The van der Waals surface area contributed by atoms with E-state index in [1.807, 2.05) is 12.1 Å². The molecule has 0 saturated heterocycles. The minimum atomic E-state index is -0.503. The molecule has 0 bridgehead atoms. The fourth-order valence-corrected chi connectivity index (χ4v) is 3.90. The third kappa shape index (κ3) is 3.87. The van der Waals surface area contributed by atoms with Crippen LogP contribution in [-0.4, -0.2) is 42.2 Å². The molecule has 1 aromatic heterocycles. The quantitative estimate of drug-likeness (QED) is 0.452. The number of benzene rings is 2. The van der Waals surface area contributed by atoms with Crippen LogP contribution >= 0.6 is 0 Å². The standard InChI is InChI=1S/C24H22N2O6/c1-14-19(24(30)31-2)12-16(32-14)13-25-20(27)10-5-11-26-22(28)17-8-3-6-15-7-4-9-18(21(15)17)23(26)29/h3-4,6-9,12H,5,10-11,13H2,1-2H3,(H,25,27). The Kier molecular flexibility index (Phi) is 5.77. The van der Waals surface area contributed by atoms with Gasteiger partial charge in [-0.05, 0) is 36.9 Å². The molecule has 8 nitrogen and oxygen atoms in total. The highest BCUT2D eigenvalue weighted by Gasteiger charge is 2.32. The highest BCUT2D eigenvalue weighted by molar-refractivity contribution is 6.25. The number of amides is 3. The molecule has 0 radical (unpaired) electrons. The summed E-state index contributed by atoms with van der Waals surface area (Å²) < 4.78 is 10.1. The van der Waals surface area contributed by atoms with E-state index in [0.717, 1.165) is 5.39 Å². The van der Waals surface area contributed by atoms with Crippen LogP contribution in [0.2, 0.25) is 0 Å². The molecule has 4 rings (SSSR count). The molecule has 1 N–H and O–H groups in total. The molecule has 0 fully saturated rings. The van der Waals surface area contributed by atoms with Crippen LogP contribution in [0.25, 0.3) is 10.8 Å². The number of hydrogen-bond donors (Lipinski definition) is 1. The Bertz CT molecular complexity index is 1190. The lowest BCUT2D eigenvalue weighted by Crippen LogP contribution is -2.41. The summed E-state index contributed by atoms with van der Waals surface area (Å²) >= 11 is 0. The number of aryl methyl sites for hydroxylation is 1.